The van der Waals surface area contributed by atoms with E-state index < -0.39 is 109 Å². The monoisotopic (exact) mass is 807 g/mol. The van der Waals surface area contributed by atoms with Gasteiger partial charge >= 0.3 is 51.3 Å². The van der Waals surface area contributed by atoms with E-state index in [0.29, 0.717) is 0 Å². The molecule has 0 aromatic heterocycles. The van der Waals surface area contributed by atoms with E-state index in [2.05, 4.69) is 44.0 Å². The first-order valence-corrected chi connectivity index (χ1v) is 18.6. The third-order valence-electron chi connectivity index (χ3n) is 5.58. The van der Waals surface area contributed by atoms with Crippen LogP contribution in [0.3, 0.4) is 0 Å². The summed E-state index contributed by atoms with van der Waals surface area (Å²) in [6.45, 7) is 23.5. The molecule has 0 aromatic rings. The van der Waals surface area contributed by atoms with Crippen molar-refractivity contribution in [3.63, 3.8) is 0 Å². The Morgan fingerprint density at radius 1 is 0.444 bits per heavy atom. The lowest BCUT2D eigenvalue weighted by Crippen LogP contribution is -2.31. The fraction of sp³-hybridized carbons (Fsp3) is 0.455. The Morgan fingerprint density at radius 2 is 0.630 bits per heavy atom. The Hall–Kier alpha value is -4.48. The number of carbonyl (C=O) groups is 6. The van der Waals surface area contributed by atoms with Gasteiger partial charge in [0.05, 0.1) is 0 Å². The number of nitrogens with zero attached hydrogens (tertiary/aromatic N) is 1. The van der Waals surface area contributed by atoms with Gasteiger partial charge in [0, 0.05) is 33.4 Å². The fourth-order valence-electron chi connectivity index (χ4n) is 2.89. The largest absolute Gasteiger partial charge is 0.459 e. The molecular weight excluding hydrogens is 760 g/mol. The van der Waals surface area contributed by atoms with Crippen molar-refractivity contribution in [2.75, 3.05) is 39.6 Å². The maximum Gasteiger partial charge on any atom is 0.456 e. The maximum atomic E-state index is 13.6. The van der Waals surface area contributed by atoms with E-state index in [0.717, 1.165) is 0 Å². The maximum absolute atomic E-state index is 13.6. The molecule has 1 atom stereocenters. The predicted molar refractivity (Wildman–Crippen MR) is 191 cm³/mol. The molecule has 0 saturated heterocycles. The van der Waals surface area contributed by atoms with Gasteiger partial charge in [-0.05, 0) is 41.5 Å². The van der Waals surface area contributed by atoms with Gasteiger partial charge in [-0.25, -0.2) is 33.3 Å². The van der Waals surface area contributed by atoms with Gasteiger partial charge in [-0.15, -0.1) is 4.52 Å². The molecule has 0 rings (SSSR count). The summed E-state index contributed by atoms with van der Waals surface area (Å²) in [4.78, 5) is 95.5. The van der Waals surface area contributed by atoms with E-state index in [1.54, 1.807) is 0 Å². The van der Waals surface area contributed by atoms with Crippen LogP contribution < -0.4 is 0 Å². The van der Waals surface area contributed by atoms with Crippen molar-refractivity contribution in [2.45, 2.75) is 59.9 Å². The molecule has 2 N–H and O–H groups in total. The van der Waals surface area contributed by atoms with Crippen LogP contribution in [0.15, 0.2) is 77.4 Å². The zero-order chi connectivity index (χ0) is 42.0. The SMILES string of the molecule is C=C(C)C(=O)OCC(COC(=O)C(=C)C)OP(=O)(O)N=P(O)(OC(COC(=O)C(=C)C)COC(=O)C(=C)C)OC(COC(=O)C(=C)C)COC(=O)C(=C)C. The fourth-order valence-corrected chi connectivity index (χ4v) is 6.12. The number of esters is 6. The van der Waals surface area contributed by atoms with Gasteiger partial charge in [0.25, 0.3) is 0 Å². The molecule has 21 heteroatoms. The van der Waals surface area contributed by atoms with Gasteiger partial charge in [0.15, 0.2) is 0 Å². The normalized spacial score (nSPS) is 12.1. The summed E-state index contributed by atoms with van der Waals surface area (Å²) in [5, 5.41) is 0. The summed E-state index contributed by atoms with van der Waals surface area (Å²) in [7, 11) is -10.9. The molecule has 0 saturated carbocycles. The topological polar surface area (TPSA) is 255 Å². The van der Waals surface area contributed by atoms with E-state index in [-0.39, 0.29) is 33.4 Å². The van der Waals surface area contributed by atoms with Gasteiger partial charge in [-0.2, -0.15) is 0 Å². The second-order valence-corrected chi connectivity index (χ2v) is 14.8. The number of carbonyl (C=O) groups excluding carboxylic acids is 6. The van der Waals surface area contributed by atoms with Crippen LogP contribution in [0.2, 0.25) is 0 Å². The lowest BCUT2D eigenvalue weighted by atomic mass is 10.3. The zero-order valence-corrected chi connectivity index (χ0v) is 32.8. The molecule has 0 aromatic carbocycles. The number of rotatable bonds is 25. The molecule has 0 heterocycles. The average Bonchev–Trinajstić information content (AvgIpc) is 3.06. The molecule has 0 aliphatic rings. The van der Waals surface area contributed by atoms with Crippen molar-refractivity contribution < 1.29 is 85.1 Å². The van der Waals surface area contributed by atoms with Gasteiger partial charge in [-0.1, -0.05) is 39.5 Å². The van der Waals surface area contributed by atoms with Crippen LogP contribution in [-0.2, 0) is 75.3 Å². The Morgan fingerprint density at radius 3 is 0.815 bits per heavy atom. The van der Waals surface area contributed by atoms with Crippen molar-refractivity contribution >= 4 is 51.3 Å². The van der Waals surface area contributed by atoms with E-state index in [4.69, 9.17) is 42.0 Å². The molecule has 0 bridgehead atoms. The second kappa shape index (κ2) is 23.3. The lowest BCUT2D eigenvalue weighted by molar-refractivity contribution is -0.149. The summed E-state index contributed by atoms with van der Waals surface area (Å²) in [5.41, 5.74) is -0.424. The summed E-state index contributed by atoms with van der Waals surface area (Å²) in [6, 6.07) is 0. The van der Waals surface area contributed by atoms with Gasteiger partial charge in [-0.3, -0.25) is 13.6 Å². The quantitative estimate of drug-likeness (QED) is 0.0574. The molecule has 0 fully saturated rings. The minimum atomic E-state index is -5.61. The number of hydrogen-bond acceptors (Lipinski definition) is 16. The lowest BCUT2D eigenvalue weighted by Gasteiger charge is -2.28. The first kappa shape index (κ1) is 49.5. The van der Waals surface area contributed by atoms with Crippen molar-refractivity contribution in [1.82, 2.24) is 0 Å². The van der Waals surface area contributed by atoms with E-state index in [9.17, 15) is 43.1 Å². The van der Waals surface area contributed by atoms with Crippen molar-refractivity contribution in [3.05, 3.63) is 72.9 Å². The number of ether oxygens (including phenoxy) is 6. The molecule has 302 valence electrons. The molecule has 1 unspecified atom stereocenters. The summed E-state index contributed by atoms with van der Waals surface area (Å²) >= 11 is 0. The Kier molecular flexibility index (Phi) is 21.4. The zero-order valence-electron chi connectivity index (χ0n) is 31.0. The molecule has 0 amide bonds. The predicted octanol–water partition coefficient (Wildman–Crippen LogP) is 3.90. The van der Waals surface area contributed by atoms with E-state index in [1.165, 1.54) is 41.5 Å². The summed E-state index contributed by atoms with van der Waals surface area (Å²) < 4.78 is 63.4. The molecule has 54 heavy (non-hydrogen) atoms. The Labute approximate surface area is 313 Å². The van der Waals surface area contributed by atoms with Crippen LogP contribution in [0.1, 0.15) is 41.5 Å². The van der Waals surface area contributed by atoms with Crippen molar-refractivity contribution in [3.8, 4) is 0 Å². The van der Waals surface area contributed by atoms with Crippen LogP contribution in [0.4, 0.5) is 0 Å². The number of hydrogen-bond donors (Lipinski definition) is 2. The highest BCUT2D eigenvalue weighted by Crippen LogP contribution is 2.61. The Balaban J connectivity index is 7.20. The second-order valence-electron chi connectivity index (χ2n) is 11.5. The van der Waals surface area contributed by atoms with E-state index in [1.807, 2.05) is 0 Å². The van der Waals surface area contributed by atoms with Gasteiger partial charge in [0.1, 0.15) is 58.0 Å². The average molecular weight is 808 g/mol. The van der Waals surface area contributed by atoms with Gasteiger partial charge < -0.3 is 38.2 Å². The molecular formula is C33H47NO18P2. The van der Waals surface area contributed by atoms with Crippen LogP contribution in [0, 0.1) is 0 Å². The van der Waals surface area contributed by atoms with Crippen LogP contribution in [-0.4, -0.2) is 104 Å². The first-order valence-electron chi connectivity index (χ1n) is 15.5. The van der Waals surface area contributed by atoms with Crippen molar-refractivity contribution in [1.29, 1.82) is 0 Å². The summed E-state index contributed by atoms with van der Waals surface area (Å²) in [5.74, 6) is -5.75. The first-order chi connectivity index (χ1) is 24.8. The third kappa shape index (κ3) is 20.7. The van der Waals surface area contributed by atoms with E-state index >= 15 is 0 Å². The molecule has 0 aliphatic carbocycles. The highest BCUT2D eigenvalue weighted by Gasteiger charge is 2.38. The smallest absolute Gasteiger partial charge is 0.456 e. The minimum absolute atomic E-state index is 0.0665. The van der Waals surface area contributed by atoms with Crippen LogP contribution in [0.25, 0.3) is 0 Å². The molecule has 0 spiro atoms. The van der Waals surface area contributed by atoms with Crippen LogP contribution in [0.5, 0.6) is 0 Å². The standard InChI is InChI=1S/C33H47NO18P2/c1-19(2)28(35)44-13-25(14-45-29(36)20(3)4)50-53(41,42)34-54(43,51-26(15-46-30(37)21(5)6)16-47-31(38)22(7)8)52-27(17-48-32(39)23(9)10)18-49-33(40)24(11)12/h25-27,43H,1,3,5,7,9,11,13-18H2,2,4,6,8,10,12H3,(H,41,42). The van der Waals surface area contributed by atoms with Gasteiger partial charge in [0.2, 0.25) is 0 Å². The van der Waals surface area contributed by atoms with Crippen LogP contribution >= 0.6 is 15.5 Å². The summed E-state index contributed by atoms with van der Waals surface area (Å²) in [6.07, 6.45) is -5.18. The molecule has 19 nitrogen and oxygen atoms in total. The Bertz CT molecular complexity index is 1470. The highest BCUT2D eigenvalue weighted by molar-refractivity contribution is 7.62. The highest BCUT2D eigenvalue weighted by atomic mass is 31.2. The molecule has 0 aliphatic heterocycles. The minimum Gasteiger partial charge on any atom is -0.459 e. The third-order valence-corrected chi connectivity index (χ3v) is 9.10. The van der Waals surface area contributed by atoms with Crippen molar-refractivity contribution in [2.24, 2.45) is 4.52 Å². The molecule has 0 radical (unpaired) electrons.